The van der Waals surface area contributed by atoms with Crippen LogP contribution in [0.5, 0.6) is 0 Å². The van der Waals surface area contributed by atoms with Gasteiger partial charge < -0.3 is 9.88 Å². The number of rotatable bonds is 2. The van der Waals surface area contributed by atoms with E-state index in [2.05, 4.69) is 30.3 Å². The number of nitrogens with one attached hydrogen (secondary N) is 2. The Morgan fingerprint density at radius 1 is 1.35 bits per heavy atom. The average molecular weight is 310 g/mol. The highest BCUT2D eigenvalue weighted by Crippen LogP contribution is 2.19. The van der Waals surface area contributed by atoms with Crippen molar-refractivity contribution < 1.29 is 4.79 Å². The van der Waals surface area contributed by atoms with E-state index in [4.69, 9.17) is 0 Å². The summed E-state index contributed by atoms with van der Waals surface area (Å²) < 4.78 is 2.07. The average Bonchev–Trinajstić information content (AvgIpc) is 3.11. The highest BCUT2D eigenvalue weighted by atomic mass is 16.2. The molecule has 0 saturated carbocycles. The van der Waals surface area contributed by atoms with Crippen molar-refractivity contribution in [2.75, 3.05) is 0 Å². The molecule has 0 aliphatic carbocycles. The fraction of sp³-hybridized carbons (Fsp3) is 0.375. The standard InChI is InChI=1S/C16H18N6O/c1-9-3-5-13-12(7-9)15(21-19-13)16(23)17-11-4-6-14-20-18-10(2)22(14)8-11/h3,5,7,11H,4,6,8H2,1-2H3,(H,17,23)(H,19,21)/t11-/m1/s1. The molecule has 0 fully saturated rings. The van der Waals surface area contributed by atoms with Crippen LogP contribution in [-0.4, -0.2) is 36.9 Å². The van der Waals surface area contributed by atoms with Crippen molar-refractivity contribution in [3.8, 4) is 0 Å². The molecule has 2 N–H and O–H groups in total. The molecule has 1 amide bonds. The number of fused-ring (bicyclic) bond motifs is 2. The fourth-order valence-electron chi connectivity index (χ4n) is 3.13. The summed E-state index contributed by atoms with van der Waals surface area (Å²) in [6.07, 6.45) is 1.69. The van der Waals surface area contributed by atoms with Crippen molar-refractivity contribution in [2.24, 2.45) is 0 Å². The number of carbonyl (C=O) groups is 1. The third-order valence-electron chi connectivity index (χ3n) is 4.40. The van der Waals surface area contributed by atoms with Crippen LogP contribution >= 0.6 is 0 Å². The molecule has 7 heteroatoms. The van der Waals surface area contributed by atoms with Gasteiger partial charge in [-0.15, -0.1) is 10.2 Å². The van der Waals surface area contributed by atoms with Crippen LogP contribution in [0.3, 0.4) is 0 Å². The topological polar surface area (TPSA) is 88.5 Å². The quantitative estimate of drug-likeness (QED) is 0.751. The van der Waals surface area contributed by atoms with Crippen molar-refractivity contribution in [1.82, 2.24) is 30.3 Å². The summed E-state index contributed by atoms with van der Waals surface area (Å²) in [6, 6.07) is 6.00. The van der Waals surface area contributed by atoms with E-state index in [1.807, 2.05) is 32.0 Å². The lowest BCUT2D eigenvalue weighted by molar-refractivity contribution is 0.0924. The zero-order valence-corrected chi connectivity index (χ0v) is 13.1. The van der Waals surface area contributed by atoms with Gasteiger partial charge in [0.25, 0.3) is 5.91 Å². The second kappa shape index (κ2) is 5.19. The van der Waals surface area contributed by atoms with Gasteiger partial charge in [0, 0.05) is 24.4 Å². The van der Waals surface area contributed by atoms with Crippen LogP contribution in [-0.2, 0) is 13.0 Å². The molecule has 2 aromatic heterocycles. The van der Waals surface area contributed by atoms with Gasteiger partial charge in [-0.1, -0.05) is 11.6 Å². The lowest BCUT2D eigenvalue weighted by atomic mass is 10.1. The van der Waals surface area contributed by atoms with Crippen LogP contribution in [0.2, 0.25) is 0 Å². The second-order valence-corrected chi connectivity index (χ2v) is 6.10. The molecule has 23 heavy (non-hydrogen) atoms. The van der Waals surface area contributed by atoms with Crippen LogP contribution in [0.1, 0.15) is 34.1 Å². The first-order valence-electron chi connectivity index (χ1n) is 7.76. The lowest BCUT2D eigenvalue weighted by Gasteiger charge is -2.24. The molecule has 1 aliphatic rings. The maximum Gasteiger partial charge on any atom is 0.272 e. The molecule has 118 valence electrons. The lowest BCUT2D eigenvalue weighted by Crippen LogP contribution is -2.41. The Bertz CT molecular complexity index is 893. The van der Waals surface area contributed by atoms with Crippen LogP contribution < -0.4 is 5.32 Å². The molecule has 1 aliphatic heterocycles. The molecule has 3 aromatic rings. The Kier molecular flexibility index (Phi) is 3.14. The number of nitrogens with zero attached hydrogens (tertiary/aromatic N) is 4. The van der Waals surface area contributed by atoms with E-state index >= 15 is 0 Å². The Morgan fingerprint density at radius 2 is 2.22 bits per heavy atom. The second-order valence-electron chi connectivity index (χ2n) is 6.10. The molecule has 0 bridgehead atoms. The first-order chi connectivity index (χ1) is 11.1. The van der Waals surface area contributed by atoms with Gasteiger partial charge in [0.1, 0.15) is 11.6 Å². The third-order valence-corrected chi connectivity index (χ3v) is 4.40. The Hall–Kier alpha value is -2.70. The van der Waals surface area contributed by atoms with E-state index in [1.54, 1.807) is 0 Å². The largest absolute Gasteiger partial charge is 0.346 e. The van der Waals surface area contributed by atoms with E-state index in [0.717, 1.165) is 41.0 Å². The van der Waals surface area contributed by atoms with E-state index < -0.39 is 0 Å². The minimum atomic E-state index is -0.138. The van der Waals surface area contributed by atoms with E-state index in [0.29, 0.717) is 12.2 Å². The van der Waals surface area contributed by atoms with Crippen LogP contribution in [0.25, 0.3) is 10.9 Å². The number of aromatic amines is 1. The molecule has 0 spiro atoms. The smallest absolute Gasteiger partial charge is 0.272 e. The van der Waals surface area contributed by atoms with Crippen LogP contribution in [0, 0.1) is 13.8 Å². The monoisotopic (exact) mass is 310 g/mol. The maximum absolute atomic E-state index is 12.6. The third kappa shape index (κ3) is 2.38. The predicted molar refractivity (Wildman–Crippen MR) is 85.2 cm³/mol. The van der Waals surface area contributed by atoms with Crippen molar-refractivity contribution in [1.29, 1.82) is 0 Å². The molecule has 0 saturated heterocycles. The first kappa shape index (κ1) is 13.9. The molecular formula is C16H18N6O. The molecule has 1 aromatic carbocycles. The normalized spacial score (nSPS) is 17.2. The SMILES string of the molecule is Cc1ccc2[nH]nc(C(=O)N[C@@H]3CCc4nnc(C)n4C3)c2c1. The van der Waals surface area contributed by atoms with Crippen molar-refractivity contribution >= 4 is 16.8 Å². The first-order valence-corrected chi connectivity index (χ1v) is 7.76. The number of amides is 1. The number of benzene rings is 1. The van der Waals surface area contributed by atoms with Crippen LogP contribution in [0.4, 0.5) is 0 Å². The molecule has 7 nitrogen and oxygen atoms in total. The van der Waals surface area contributed by atoms with Gasteiger partial charge in [0.15, 0.2) is 5.69 Å². The minimum Gasteiger partial charge on any atom is -0.346 e. The van der Waals surface area contributed by atoms with Gasteiger partial charge in [0.05, 0.1) is 5.52 Å². The molecule has 1 atom stereocenters. The van der Waals surface area contributed by atoms with E-state index in [9.17, 15) is 4.79 Å². The van der Waals surface area contributed by atoms with Gasteiger partial charge in [0.2, 0.25) is 0 Å². The summed E-state index contributed by atoms with van der Waals surface area (Å²) in [7, 11) is 0. The number of H-pyrrole nitrogens is 1. The molecule has 0 radical (unpaired) electrons. The Morgan fingerprint density at radius 3 is 3.09 bits per heavy atom. The number of aryl methyl sites for hydroxylation is 3. The molecular weight excluding hydrogens is 292 g/mol. The van der Waals surface area contributed by atoms with Gasteiger partial charge >= 0.3 is 0 Å². The van der Waals surface area contributed by atoms with Crippen molar-refractivity contribution in [3.05, 3.63) is 41.1 Å². The zero-order valence-electron chi connectivity index (χ0n) is 13.1. The summed E-state index contributed by atoms with van der Waals surface area (Å²) in [5, 5.41) is 19.3. The van der Waals surface area contributed by atoms with Gasteiger partial charge in [-0.2, -0.15) is 5.10 Å². The Balaban J connectivity index is 1.56. The van der Waals surface area contributed by atoms with E-state index in [-0.39, 0.29) is 11.9 Å². The minimum absolute atomic E-state index is 0.0706. The van der Waals surface area contributed by atoms with Gasteiger partial charge in [-0.25, -0.2) is 0 Å². The number of hydrogen-bond donors (Lipinski definition) is 2. The molecule has 4 rings (SSSR count). The summed E-state index contributed by atoms with van der Waals surface area (Å²) in [4.78, 5) is 12.6. The maximum atomic E-state index is 12.6. The van der Waals surface area contributed by atoms with Gasteiger partial charge in [-0.3, -0.25) is 9.89 Å². The predicted octanol–water partition coefficient (Wildman–Crippen LogP) is 1.52. The molecule has 3 heterocycles. The summed E-state index contributed by atoms with van der Waals surface area (Å²) in [5.74, 6) is 1.75. The van der Waals surface area contributed by atoms with Crippen molar-refractivity contribution in [2.45, 2.75) is 39.3 Å². The number of carbonyl (C=O) groups excluding carboxylic acids is 1. The number of hydrogen-bond acceptors (Lipinski definition) is 4. The summed E-state index contributed by atoms with van der Waals surface area (Å²) >= 11 is 0. The fourth-order valence-corrected chi connectivity index (χ4v) is 3.13. The summed E-state index contributed by atoms with van der Waals surface area (Å²) in [6.45, 7) is 4.65. The van der Waals surface area contributed by atoms with Crippen molar-refractivity contribution in [3.63, 3.8) is 0 Å². The van der Waals surface area contributed by atoms with Crippen LogP contribution in [0.15, 0.2) is 18.2 Å². The number of aromatic nitrogens is 5. The Labute approximate surface area is 133 Å². The van der Waals surface area contributed by atoms with Gasteiger partial charge in [-0.05, 0) is 32.4 Å². The highest BCUT2D eigenvalue weighted by molar-refractivity contribution is 6.04. The molecule has 0 unspecified atom stereocenters. The summed E-state index contributed by atoms with van der Waals surface area (Å²) in [5.41, 5.74) is 2.44. The van der Waals surface area contributed by atoms with E-state index in [1.165, 1.54) is 0 Å². The zero-order chi connectivity index (χ0) is 16.0. The highest BCUT2D eigenvalue weighted by Gasteiger charge is 2.24.